The minimum atomic E-state index is -1.37. The highest BCUT2D eigenvalue weighted by Crippen LogP contribution is 2.37. The molecule has 1 fully saturated rings. The lowest BCUT2D eigenvalue weighted by Gasteiger charge is -2.27. The molecule has 1 aliphatic rings. The van der Waals surface area contributed by atoms with Gasteiger partial charge >= 0.3 is 0 Å². The lowest BCUT2D eigenvalue weighted by molar-refractivity contribution is -0.310. The second-order valence-electron chi connectivity index (χ2n) is 5.48. The Morgan fingerprint density at radius 1 is 1.08 bits per heavy atom. The predicted octanol–water partition coefficient (Wildman–Crippen LogP) is 2.94. The van der Waals surface area contributed by atoms with Gasteiger partial charge in [0.1, 0.15) is 10.4 Å². The summed E-state index contributed by atoms with van der Waals surface area (Å²) in [5.74, 6) is -1.80. The number of allylic oxidation sites excluding steroid dienone is 2. The van der Waals surface area contributed by atoms with E-state index in [9.17, 15) is 14.7 Å². The maximum atomic E-state index is 12.7. The fraction of sp³-hybridized carbons (Fsp3) is 0.0500. The van der Waals surface area contributed by atoms with Crippen LogP contribution >= 0.6 is 24.0 Å². The van der Waals surface area contributed by atoms with E-state index in [1.165, 1.54) is 0 Å². The molecule has 6 heteroatoms. The van der Waals surface area contributed by atoms with Gasteiger partial charge in [0, 0.05) is 0 Å². The zero-order valence-corrected chi connectivity index (χ0v) is 15.2. The number of rotatable bonds is 5. The molecule has 0 radical (unpaired) electrons. The van der Waals surface area contributed by atoms with Crippen molar-refractivity contribution in [2.45, 2.75) is 6.04 Å². The molecule has 1 atom stereocenters. The summed E-state index contributed by atoms with van der Waals surface area (Å²) in [5.41, 5.74) is 1.45. The molecule has 0 bridgehead atoms. The Kier molecular flexibility index (Phi) is 5.65. The molecule has 130 valence electrons. The van der Waals surface area contributed by atoms with E-state index in [0.717, 1.165) is 22.2 Å². The van der Waals surface area contributed by atoms with Crippen LogP contribution in [0.3, 0.4) is 0 Å². The number of carbonyl (C=O) groups excluding carboxylic acids is 2. The van der Waals surface area contributed by atoms with Crippen LogP contribution in [0.15, 0.2) is 77.7 Å². The predicted molar refractivity (Wildman–Crippen MR) is 105 cm³/mol. The van der Waals surface area contributed by atoms with Gasteiger partial charge in [-0.3, -0.25) is 9.69 Å². The lowest BCUT2D eigenvalue weighted by atomic mass is 10.1. The quantitative estimate of drug-likeness (QED) is 0.590. The van der Waals surface area contributed by atoms with Crippen molar-refractivity contribution in [1.29, 1.82) is 0 Å². The summed E-state index contributed by atoms with van der Waals surface area (Å²) >= 11 is 6.33. The van der Waals surface area contributed by atoms with E-state index in [1.807, 2.05) is 36.4 Å². The number of carboxylic acids is 1. The summed E-state index contributed by atoms with van der Waals surface area (Å²) in [7, 11) is 0. The van der Waals surface area contributed by atoms with Crippen molar-refractivity contribution in [2.75, 3.05) is 0 Å². The molecular weight excluding hydrogens is 366 g/mol. The molecule has 26 heavy (non-hydrogen) atoms. The van der Waals surface area contributed by atoms with Gasteiger partial charge < -0.3 is 9.90 Å². The Bertz CT molecular complexity index is 892. The van der Waals surface area contributed by atoms with Crippen molar-refractivity contribution in [3.05, 3.63) is 88.8 Å². The fourth-order valence-corrected chi connectivity index (χ4v) is 3.82. The third kappa shape index (κ3) is 3.92. The van der Waals surface area contributed by atoms with Gasteiger partial charge in [-0.2, -0.15) is 0 Å². The van der Waals surface area contributed by atoms with E-state index >= 15 is 0 Å². The average molecular weight is 380 g/mol. The van der Waals surface area contributed by atoms with Crippen LogP contribution in [0.2, 0.25) is 0 Å². The molecule has 0 spiro atoms. The maximum Gasteiger partial charge on any atom is 0.267 e. The Balaban J connectivity index is 1.85. The molecule has 1 aliphatic heterocycles. The van der Waals surface area contributed by atoms with E-state index < -0.39 is 17.9 Å². The first-order chi connectivity index (χ1) is 12.6. The zero-order valence-electron chi connectivity index (χ0n) is 13.6. The normalized spacial score (nSPS) is 17.2. The molecule has 0 aromatic heterocycles. The minimum absolute atomic E-state index is 0.201. The van der Waals surface area contributed by atoms with Crippen LogP contribution < -0.4 is 5.11 Å². The smallest absolute Gasteiger partial charge is 0.267 e. The summed E-state index contributed by atoms with van der Waals surface area (Å²) < 4.78 is 0.201. The summed E-state index contributed by atoms with van der Waals surface area (Å²) in [6.07, 6.45) is 5.25. The minimum Gasteiger partial charge on any atom is -0.547 e. The van der Waals surface area contributed by atoms with Gasteiger partial charge in [0.15, 0.2) is 0 Å². The van der Waals surface area contributed by atoms with Crippen LogP contribution in [0.4, 0.5) is 0 Å². The number of aliphatic carboxylic acids is 1. The largest absolute Gasteiger partial charge is 0.547 e. The molecule has 4 nitrogen and oxygen atoms in total. The third-order valence-electron chi connectivity index (χ3n) is 3.76. The summed E-state index contributed by atoms with van der Waals surface area (Å²) in [4.78, 5) is 25.9. The topological polar surface area (TPSA) is 60.4 Å². The van der Waals surface area contributed by atoms with Gasteiger partial charge in [0.05, 0.1) is 10.9 Å². The van der Waals surface area contributed by atoms with Gasteiger partial charge in [-0.1, -0.05) is 96.8 Å². The van der Waals surface area contributed by atoms with E-state index in [-0.39, 0.29) is 4.32 Å². The van der Waals surface area contributed by atoms with Crippen LogP contribution in [-0.2, 0) is 9.59 Å². The van der Waals surface area contributed by atoms with E-state index in [1.54, 1.807) is 42.5 Å². The van der Waals surface area contributed by atoms with Gasteiger partial charge in [-0.25, -0.2) is 0 Å². The van der Waals surface area contributed by atoms with Crippen LogP contribution in [0.5, 0.6) is 0 Å². The van der Waals surface area contributed by atoms with Gasteiger partial charge in [0.2, 0.25) is 0 Å². The van der Waals surface area contributed by atoms with Crippen LogP contribution in [-0.4, -0.2) is 21.1 Å². The second kappa shape index (κ2) is 8.12. The maximum absolute atomic E-state index is 12.7. The van der Waals surface area contributed by atoms with Crippen LogP contribution in [0, 0.1) is 0 Å². The van der Waals surface area contributed by atoms with Crippen molar-refractivity contribution in [3.63, 3.8) is 0 Å². The van der Waals surface area contributed by atoms with Crippen LogP contribution in [0.1, 0.15) is 17.2 Å². The highest BCUT2D eigenvalue weighted by atomic mass is 32.2. The number of thiocarbonyl (C=S) groups is 1. The van der Waals surface area contributed by atoms with Gasteiger partial charge in [0.25, 0.3) is 5.91 Å². The SMILES string of the molecule is O=C([O-])[C@@H](c1ccccc1)N1C(=O)C(=CC=Cc2ccccc2)SC1=S. The number of amides is 1. The third-order valence-corrected chi connectivity index (χ3v) is 5.10. The first kappa shape index (κ1) is 18.1. The number of nitrogens with zero attached hydrogens (tertiary/aromatic N) is 1. The molecule has 1 amide bonds. The standard InChI is InChI=1S/C20H15NO3S2/c22-18-16(13-7-10-14-8-3-1-4-9-14)26-20(25)21(18)17(19(23)24)15-11-5-2-6-12-15/h1-13,17H,(H,23,24)/p-1/t17-/m1/s1. The van der Waals surface area contributed by atoms with Gasteiger partial charge in [-0.15, -0.1) is 0 Å². The summed E-state index contributed by atoms with van der Waals surface area (Å²) in [6, 6.07) is 16.9. The molecule has 0 saturated carbocycles. The molecule has 2 aromatic rings. The second-order valence-corrected chi connectivity index (χ2v) is 7.15. The Hall–Kier alpha value is -2.70. The molecule has 3 rings (SSSR count). The Morgan fingerprint density at radius 2 is 1.69 bits per heavy atom. The van der Waals surface area contributed by atoms with Gasteiger partial charge in [-0.05, 0) is 17.2 Å². The summed E-state index contributed by atoms with van der Waals surface area (Å²) in [5, 5.41) is 11.7. The highest BCUT2D eigenvalue weighted by Gasteiger charge is 2.38. The monoisotopic (exact) mass is 380 g/mol. The fourth-order valence-electron chi connectivity index (χ4n) is 2.55. The molecule has 1 heterocycles. The van der Waals surface area contributed by atoms with Crippen molar-refractivity contribution < 1.29 is 14.7 Å². The molecular formula is C20H14NO3S2-. The Labute approximate surface area is 160 Å². The number of hydrogen-bond donors (Lipinski definition) is 0. The Morgan fingerprint density at radius 3 is 2.31 bits per heavy atom. The highest BCUT2D eigenvalue weighted by molar-refractivity contribution is 8.26. The first-order valence-corrected chi connectivity index (χ1v) is 9.05. The first-order valence-electron chi connectivity index (χ1n) is 7.82. The van der Waals surface area contributed by atoms with E-state index in [4.69, 9.17) is 12.2 Å². The number of carboxylic acid groups (broad SMARTS) is 1. The van der Waals surface area contributed by atoms with Crippen molar-refractivity contribution in [2.24, 2.45) is 0 Å². The number of thioether (sulfide) groups is 1. The summed E-state index contributed by atoms with van der Waals surface area (Å²) in [6.45, 7) is 0. The molecule has 0 unspecified atom stereocenters. The van der Waals surface area contributed by atoms with E-state index in [0.29, 0.717) is 10.5 Å². The molecule has 2 aromatic carbocycles. The van der Waals surface area contributed by atoms with Crippen molar-refractivity contribution >= 4 is 46.3 Å². The van der Waals surface area contributed by atoms with Crippen molar-refractivity contribution in [3.8, 4) is 0 Å². The number of carbonyl (C=O) groups is 2. The van der Waals surface area contributed by atoms with Crippen molar-refractivity contribution in [1.82, 2.24) is 4.90 Å². The van der Waals surface area contributed by atoms with Crippen LogP contribution in [0.25, 0.3) is 6.08 Å². The number of benzene rings is 2. The molecule has 0 aliphatic carbocycles. The molecule has 1 saturated heterocycles. The lowest BCUT2D eigenvalue weighted by Crippen LogP contribution is -2.43. The zero-order chi connectivity index (χ0) is 18.5. The average Bonchev–Trinajstić information content (AvgIpc) is 2.91. The number of hydrogen-bond acceptors (Lipinski definition) is 5. The van der Waals surface area contributed by atoms with E-state index in [2.05, 4.69) is 0 Å². The molecule has 0 N–H and O–H groups in total.